The molecule has 2 N–H and O–H groups in total. The number of hydrogen-bond acceptors (Lipinski definition) is 3. The molecule has 2 rings (SSSR count). The molecule has 0 amide bonds. The molecule has 0 fully saturated rings. The van der Waals surface area contributed by atoms with Crippen molar-refractivity contribution in [2.75, 3.05) is 6.61 Å². The van der Waals surface area contributed by atoms with Crippen LogP contribution in [0.5, 0.6) is 5.75 Å². The molecule has 0 spiro atoms. The van der Waals surface area contributed by atoms with Gasteiger partial charge in [-0.25, -0.2) is 4.39 Å². The average Bonchev–Trinajstić information content (AvgIpc) is 2.26. The van der Waals surface area contributed by atoms with E-state index in [4.69, 9.17) is 9.84 Å². The number of benzene rings is 1. The van der Waals surface area contributed by atoms with Gasteiger partial charge in [0.05, 0.1) is 6.61 Å². The van der Waals surface area contributed by atoms with Crippen molar-refractivity contribution in [2.24, 2.45) is 0 Å². The van der Waals surface area contributed by atoms with Crippen LogP contribution in [0.1, 0.15) is 38.8 Å². The van der Waals surface area contributed by atoms with Crippen molar-refractivity contribution in [3.63, 3.8) is 0 Å². The Morgan fingerprint density at radius 3 is 2.94 bits per heavy atom. The molecule has 1 aromatic carbocycles. The molecule has 18 heavy (non-hydrogen) atoms. The first-order valence-corrected chi connectivity index (χ1v) is 6.26. The fourth-order valence-corrected chi connectivity index (χ4v) is 2.37. The fourth-order valence-electron chi connectivity index (χ4n) is 2.37. The molecule has 0 aliphatic carbocycles. The summed E-state index contributed by atoms with van der Waals surface area (Å²) >= 11 is 0. The Bertz CT molecular complexity index is 434. The molecule has 1 aromatic rings. The molecule has 1 aliphatic heterocycles. The highest BCUT2D eigenvalue weighted by Gasteiger charge is 2.34. The van der Waals surface area contributed by atoms with Gasteiger partial charge in [0.25, 0.3) is 0 Å². The molecule has 1 aliphatic rings. The van der Waals surface area contributed by atoms with Gasteiger partial charge in [-0.3, -0.25) is 0 Å². The van der Waals surface area contributed by atoms with E-state index in [-0.39, 0.29) is 30.1 Å². The predicted octanol–water partition coefficient (Wildman–Crippen LogP) is 2.40. The molecule has 0 bridgehead atoms. The maximum atomic E-state index is 13.3. The Labute approximate surface area is 107 Å². The maximum absolute atomic E-state index is 13.3. The van der Waals surface area contributed by atoms with Crippen LogP contribution in [0, 0.1) is 5.82 Å². The van der Waals surface area contributed by atoms with Gasteiger partial charge in [0.15, 0.2) is 0 Å². The Kier molecular flexibility index (Phi) is 3.59. The van der Waals surface area contributed by atoms with Crippen molar-refractivity contribution in [1.82, 2.24) is 5.32 Å². The van der Waals surface area contributed by atoms with Gasteiger partial charge in [-0.2, -0.15) is 0 Å². The molecule has 1 heterocycles. The van der Waals surface area contributed by atoms with Crippen LogP contribution in [0.3, 0.4) is 0 Å². The van der Waals surface area contributed by atoms with E-state index >= 15 is 0 Å². The van der Waals surface area contributed by atoms with E-state index in [1.165, 1.54) is 12.1 Å². The molecule has 1 unspecified atom stereocenters. The molecule has 0 saturated heterocycles. The predicted molar refractivity (Wildman–Crippen MR) is 68.1 cm³/mol. The third-order valence-electron chi connectivity index (χ3n) is 3.19. The molecular weight excluding hydrogens is 233 g/mol. The van der Waals surface area contributed by atoms with Gasteiger partial charge >= 0.3 is 0 Å². The number of hydrogen-bond donors (Lipinski definition) is 2. The summed E-state index contributed by atoms with van der Waals surface area (Å²) in [5.74, 6) is 0.300. The van der Waals surface area contributed by atoms with Gasteiger partial charge in [0, 0.05) is 30.1 Å². The zero-order chi connectivity index (χ0) is 13.3. The second kappa shape index (κ2) is 4.86. The van der Waals surface area contributed by atoms with Gasteiger partial charge < -0.3 is 15.2 Å². The van der Waals surface area contributed by atoms with E-state index < -0.39 is 0 Å². The molecule has 2 atom stereocenters. The van der Waals surface area contributed by atoms with Crippen LogP contribution in [0.25, 0.3) is 0 Å². The summed E-state index contributed by atoms with van der Waals surface area (Å²) in [6.45, 7) is 5.97. The third-order valence-corrected chi connectivity index (χ3v) is 3.19. The van der Waals surface area contributed by atoms with Crippen LogP contribution < -0.4 is 10.1 Å². The van der Waals surface area contributed by atoms with Crippen molar-refractivity contribution >= 4 is 0 Å². The van der Waals surface area contributed by atoms with Gasteiger partial charge in [-0.1, -0.05) is 6.07 Å². The lowest BCUT2D eigenvalue weighted by atomic mass is 9.89. The highest BCUT2D eigenvalue weighted by atomic mass is 19.1. The average molecular weight is 253 g/mol. The summed E-state index contributed by atoms with van der Waals surface area (Å²) in [6.07, 6.45) is 0.788. The largest absolute Gasteiger partial charge is 0.487 e. The van der Waals surface area contributed by atoms with E-state index in [1.54, 1.807) is 6.07 Å². The summed E-state index contributed by atoms with van der Waals surface area (Å²) in [7, 11) is 0. The molecule has 4 heteroatoms. The van der Waals surface area contributed by atoms with Crippen LogP contribution in [0.15, 0.2) is 18.2 Å². The minimum Gasteiger partial charge on any atom is -0.487 e. The first-order chi connectivity index (χ1) is 8.41. The molecule has 3 nitrogen and oxygen atoms in total. The number of fused-ring (bicyclic) bond motifs is 1. The minimum atomic E-state index is -0.340. The first-order valence-electron chi connectivity index (χ1n) is 6.26. The number of rotatable bonds is 3. The molecular formula is C14H20FNO2. The quantitative estimate of drug-likeness (QED) is 0.869. The van der Waals surface area contributed by atoms with Crippen LogP contribution in [-0.4, -0.2) is 23.4 Å². The Morgan fingerprint density at radius 2 is 2.28 bits per heavy atom. The van der Waals surface area contributed by atoms with Gasteiger partial charge in [0.2, 0.25) is 0 Å². The van der Waals surface area contributed by atoms with Crippen molar-refractivity contribution in [3.05, 3.63) is 29.6 Å². The van der Waals surface area contributed by atoms with Crippen LogP contribution in [0.2, 0.25) is 0 Å². The Balaban J connectivity index is 2.31. The fraction of sp³-hybridized carbons (Fsp3) is 0.571. The molecule has 100 valence electrons. The van der Waals surface area contributed by atoms with Crippen LogP contribution >= 0.6 is 0 Å². The summed E-state index contributed by atoms with van der Waals surface area (Å²) < 4.78 is 19.1. The second-order valence-electron chi connectivity index (χ2n) is 5.55. The van der Waals surface area contributed by atoms with Gasteiger partial charge in [0.1, 0.15) is 17.2 Å². The molecule has 0 saturated carbocycles. The topological polar surface area (TPSA) is 41.5 Å². The number of halogens is 1. The summed E-state index contributed by atoms with van der Waals surface area (Å²) in [5.41, 5.74) is 0.615. The second-order valence-corrected chi connectivity index (χ2v) is 5.55. The zero-order valence-corrected chi connectivity index (χ0v) is 11.0. The lowest BCUT2D eigenvalue weighted by Gasteiger charge is -2.39. The monoisotopic (exact) mass is 253 g/mol. The van der Waals surface area contributed by atoms with Crippen LogP contribution in [-0.2, 0) is 0 Å². The summed E-state index contributed by atoms with van der Waals surface area (Å²) in [6, 6.07) is 4.70. The Hall–Kier alpha value is -1.13. The number of nitrogens with one attached hydrogen (secondary N) is 1. The smallest absolute Gasteiger partial charge is 0.127 e. The minimum absolute atomic E-state index is 0.00167. The van der Waals surface area contributed by atoms with Crippen LogP contribution in [0.4, 0.5) is 4.39 Å². The van der Waals surface area contributed by atoms with Gasteiger partial charge in [-0.15, -0.1) is 0 Å². The SMILES string of the molecule is C[C@H](CO)NC1CC(C)(C)Oc2cc(F)ccc21. The van der Waals surface area contributed by atoms with Crippen molar-refractivity contribution in [3.8, 4) is 5.75 Å². The summed E-state index contributed by atoms with van der Waals surface area (Å²) in [5, 5.41) is 12.5. The third kappa shape index (κ3) is 2.82. The first kappa shape index (κ1) is 13.3. The van der Waals surface area contributed by atoms with E-state index in [1.807, 2.05) is 20.8 Å². The van der Waals surface area contributed by atoms with Crippen molar-refractivity contribution in [2.45, 2.75) is 44.9 Å². The van der Waals surface area contributed by atoms with E-state index in [2.05, 4.69) is 5.32 Å². The van der Waals surface area contributed by atoms with Crippen molar-refractivity contribution < 1.29 is 14.2 Å². The van der Waals surface area contributed by atoms with E-state index in [0.717, 1.165) is 12.0 Å². The normalized spacial score (nSPS) is 23.1. The highest BCUT2D eigenvalue weighted by Crippen LogP contribution is 2.39. The van der Waals surface area contributed by atoms with E-state index in [9.17, 15) is 4.39 Å². The molecule has 0 aromatic heterocycles. The maximum Gasteiger partial charge on any atom is 0.127 e. The summed E-state index contributed by atoms with van der Waals surface area (Å²) in [4.78, 5) is 0. The zero-order valence-electron chi connectivity index (χ0n) is 11.0. The van der Waals surface area contributed by atoms with Gasteiger partial charge in [-0.05, 0) is 26.8 Å². The van der Waals surface area contributed by atoms with E-state index in [0.29, 0.717) is 5.75 Å². The molecule has 0 radical (unpaired) electrons. The highest BCUT2D eigenvalue weighted by molar-refractivity contribution is 5.39. The number of ether oxygens (including phenoxy) is 1. The Morgan fingerprint density at radius 1 is 1.56 bits per heavy atom. The van der Waals surface area contributed by atoms with Crippen molar-refractivity contribution in [1.29, 1.82) is 0 Å². The number of aliphatic hydroxyl groups is 1. The lowest BCUT2D eigenvalue weighted by molar-refractivity contribution is 0.0615. The standard InChI is InChI=1S/C14H20FNO2/c1-9(8-17)16-12-7-14(2,3)18-13-6-10(15)4-5-11(12)13/h4-6,9,12,16-17H,7-8H2,1-3H3/t9-,12?/m1/s1. The number of aliphatic hydroxyl groups excluding tert-OH is 1. The lowest BCUT2D eigenvalue weighted by Crippen LogP contribution is -2.42.